The predicted molar refractivity (Wildman–Crippen MR) is 197 cm³/mol. The van der Waals surface area contributed by atoms with Crippen molar-refractivity contribution in [3.63, 3.8) is 0 Å². The number of carbonyl (C=O) groups excluding carboxylic acids is 3. The van der Waals surface area contributed by atoms with Crippen molar-refractivity contribution >= 4 is 35.5 Å². The first-order valence-electron chi connectivity index (χ1n) is 17.1. The Morgan fingerprint density at radius 2 is 1.44 bits per heavy atom. The third-order valence-electron chi connectivity index (χ3n) is 8.54. The molecule has 1 aliphatic heterocycles. The number of hydrogen-bond acceptors (Lipinski definition) is 7. The minimum atomic E-state index is -0.336. The highest BCUT2D eigenvalue weighted by molar-refractivity contribution is 7.98. The summed E-state index contributed by atoms with van der Waals surface area (Å²) in [4.78, 5) is 38.6. The number of piperidine rings is 1. The van der Waals surface area contributed by atoms with Crippen LogP contribution in [0.15, 0.2) is 78.9 Å². The molecule has 3 aromatic rings. The van der Waals surface area contributed by atoms with E-state index in [9.17, 15) is 14.4 Å². The van der Waals surface area contributed by atoms with Gasteiger partial charge in [0.2, 0.25) is 5.91 Å². The molecule has 10 heteroatoms. The zero-order valence-electron chi connectivity index (χ0n) is 28.8. The Labute approximate surface area is 290 Å². The topological polar surface area (TPSA) is 106 Å². The number of anilines is 1. The summed E-state index contributed by atoms with van der Waals surface area (Å²) in [5.74, 6) is 0.849. The molecule has 2 fully saturated rings. The Kier molecular flexibility index (Phi) is 14.8. The molecule has 3 amide bonds. The van der Waals surface area contributed by atoms with Crippen LogP contribution in [-0.4, -0.2) is 67.8 Å². The number of benzene rings is 3. The third kappa shape index (κ3) is 13.0. The number of carbonyl (C=O) groups is 3. The van der Waals surface area contributed by atoms with E-state index < -0.39 is 0 Å². The third-order valence-corrected chi connectivity index (χ3v) is 9.59. The average molecular weight is 673 g/mol. The van der Waals surface area contributed by atoms with Crippen molar-refractivity contribution in [2.24, 2.45) is 11.8 Å². The van der Waals surface area contributed by atoms with Crippen molar-refractivity contribution in [2.75, 3.05) is 44.1 Å². The summed E-state index contributed by atoms with van der Waals surface area (Å²) in [5.41, 5.74) is 3.96. The van der Waals surface area contributed by atoms with Gasteiger partial charge in [-0.2, -0.15) is 0 Å². The van der Waals surface area contributed by atoms with E-state index in [0.29, 0.717) is 36.7 Å². The Hall–Kier alpha value is -3.86. The lowest BCUT2D eigenvalue weighted by atomic mass is 10.0. The number of nitrogens with zero attached hydrogens (tertiary/aromatic N) is 2. The molecule has 1 saturated heterocycles. The van der Waals surface area contributed by atoms with Crippen LogP contribution in [0, 0.1) is 18.8 Å². The first-order chi connectivity index (χ1) is 23.2. The molecular weight excluding hydrogens is 621 g/mol. The maximum absolute atomic E-state index is 13.2. The Bertz CT molecular complexity index is 1450. The molecule has 1 aliphatic carbocycles. The summed E-state index contributed by atoms with van der Waals surface area (Å²) >= 11 is 1.62. The zero-order chi connectivity index (χ0) is 34.3. The van der Waals surface area contributed by atoms with Crippen LogP contribution in [0.4, 0.5) is 5.69 Å². The molecule has 0 radical (unpaired) electrons. The largest absolute Gasteiger partial charge is 0.354 e. The van der Waals surface area contributed by atoms with Gasteiger partial charge < -0.3 is 25.6 Å². The van der Waals surface area contributed by atoms with Crippen LogP contribution in [0.5, 0.6) is 0 Å². The fourth-order valence-electron chi connectivity index (χ4n) is 5.14. The number of amides is 3. The van der Waals surface area contributed by atoms with Crippen LogP contribution in [0.2, 0.25) is 0 Å². The highest BCUT2D eigenvalue weighted by atomic mass is 32.2. The predicted octanol–water partition coefficient (Wildman–Crippen LogP) is 5.58. The smallest absolute Gasteiger partial charge is 0.251 e. The number of hydrogen-bond donors (Lipinski definition) is 4. The van der Waals surface area contributed by atoms with Crippen molar-refractivity contribution in [2.45, 2.75) is 59.0 Å². The van der Waals surface area contributed by atoms with Crippen molar-refractivity contribution in [3.8, 4) is 0 Å². The van der Waals surface area contributed by atoms with E-state index in [4.69, 9.17) is 0 Å². The minimum Gasteiger partial charge on any atom is -0.354 e. The van der Waals surface area contributed by atoms with E-state index in [2.05, 4.69) is 51.6 Å². The molecule has 5 rings (SSSR count). The fraction of sp³-hybridized carbons (Fsp3) is 0.447. The van der Waals surface area contributed by atoms with Crippen molar-refractivity contribution in [1.82, 2.24) is 25.6 Å². The van der Waals surface area contributed by atoms with Gasteiger partial charge in [-0.25, -0.2) is 4.31 Å². The monoisotopic (exact) mass is 672 g/mol. The van der Waals surface area contributed by atoms with Crippen LogP contribution in [0.1, 0.15) is 71.4 Å². The summed E-state index contributed by atoms with van der Waals surface area (Å²) in [6.07, 6.45) is 4.70. The maximum atomic E-state index is 13.2. The van der Waals surface area contributed by atoms with Gasteiger partial charge in [0, 0.05) is 75.3 Å². The highest BCUT2D eigenvalue weighted by Gasteiger charge is 2.23. The van der Waals surface area contributed by atoms with Gasteiger partial charge in [0.1, 0.15) is 0 Å². The first-order valence-corrected chi connectivity index (χ1v) is 17.9. The minimum absolute atomic E-state index is 0.0224. The molecule has 4 N–H and O–H groups in total. The van der Waals surface area contributed by atoms with Crippen LogP contribution in [0.3, 0.4) is 0 Å². The number of rotatable bonds is 14. The van der Waals surface area contributed by atoms with Gasteiger partial charge in [-0.3, -0.25) is 14.4 Å². The lowest BCUT2D eigenvalue weighted by Gasteiger charge is -2.32. The van der Waals surface area contributed by atoms with Crippen LogP contribution >= 0.6 is 12.1 Å². The molecule has 0 bridgehead atoms. The second-order valence-corrected chi connectivity index (χ2v) is 14.1. The van der Waals surface area contributed by atoms with Crippen molar-refractivity contribution in [3.05, 3.63) is 101 Å². The van der Waals surface area contributed by atoms with E-state index >= 15 is 0 Å². The van der Waals surface area contributed by atoms with Gasteiger partial charge in [-0.15, -0.1) is 0 Å². The Balaban J connectivity index is 0.000000659. The normalized spacial score (nSPS) is 15.4. The summed E-state index contributed by atoms with van der Waals surface area (Å²) in [6.45, 7) is 10.2. The molecule has 258 valence electrons. The highest BCUT2D eigenvalue weighted by Crippen LogP contribution is 2.29. The fourth-order valence-corrected chi connectivity index (χ4v) is 6.06. The van der Waals surface area contributed by atoms with Gasteiger partial charge in [0.05, 0.1) is 6.04 Å². The summed E-state index contributed by atoms with van der Waals surface area (Å²) in [5, 5.41) is 12.0. The summed E-state index contributed by atoms with van der Waals surface area (Å²) in [7, 11) is 1.96. The average Bonchev–Trinajstić information content (AvgIpc) is 3.94. The molecule has 3 aromatic carbocycles. The lowest BCUT2D eigenvalue weighted by molar-refractivity contribution is -0.122. The molecule has 9 nitrogen and oxygen atoms in total. The quantitative estimate of drug-likeness (QED) is 0.131. The van der Waals surface area contributed by atoms with Gasteiger partial charge in [0.15, 0.2) is 0 Å². The molecule has 1 atom stereocenters. The molecule has 0 aromatic heterocycles. The molecular formula is C38H52N6O3S. The zero-order valence-corrected chi connectivity index (χ0v) is 29.7. The lowest BCUT2D eigenvalue weighted by Crippen LogP contribution is -2.45. The van der Waals surface area contributed by atoms with Crippen molar-refractivity contribution in [1.29, 1.82) is 0 Å². The van der Waals surface area contributed by atoms with E-state index in [-0.39, 0.29) is 23.8 Å². The summed E-state index contributed by atoms with van der Waals surface area (Å²) < 4.78 is 4.35. The molecule has 0 unspecified atom stereocenters. The maximum Gasteiger partial charge on any atom is 0.251 e. The van der Waals surface area contributed by atoms with Gasteiger partial charge in [-0.1, -0.05) is 73.2 Å². The SMILES string of the molecule is CC1CCN(SN(C)c2cc(C(=O)NCCN[C@@H](C)C(=O)NCC3CC3)cc(C(=O)NCc3ccccc3)c2)CC1.Cc1ccccc1. The van der Waals surface area contributed by atoms with Crippen LogP contribution in [0.25, 0.3) is 0 Å². The second-order valence-electron chi connectivity index (χ2n) is 12.9. The van der Waals surface area contributed by atoms with E-state index in [0.717, 1.165) is 49.6 Å². The Morgan fingerprint density at radius 1 is 0.833 bits per heavy atom. The van der Waals surface area contributed by atoms with Gasteiger partial charge >= 0.3 is 0 Å². The Morgan fingerprint density at radius 3 is 2.02 bits per heavy atom. The molecule has 1 saturated carbocycles. The number of nitrogens with one attached hydrogen (secondary N) is 4. The first kappa shape index (κ1) is 37.0. The molecule has 2 aliphatic rings. The molecule has 0 spiro atoms. The van der Waals surface area contributed by atoms with E-state index in [1.165, 1.54) is 18.4 Å². The molecule has 1 heterocycles. The van der Waals surface area contributed by atoms with Gasteiger partial charge in [-0.05, 0) is 75.1 Å². The van der Waals surface area contributed by atoms with Crippen molar-refractivity contribution < 1.29 is 14.4 Å². The van der Waals surface area contributed by atoms with Crippen LogP contribution < -0.4 is 25.6 Å². The van der Waals surface area contributed by atoms with E-state index in [1.807, 2.05) is 78.9 Å². The number of aryl methyl sites for hydroxylation is 1. The van der Waals surface area contributed by atoms with Crippen LogP contribution in [-0.2, 0) is 11.3 Å². The molecule has 48 heavy (non-hydrogen) atoms. The second kappa shape index (κ2) is 19.2. The standard InChI is InChI=1S/C31H44N6O3S.C7H8/c1-22-11-15-37(16-12-22)41-36(3)28-18-26(17-27(19-28)31(40)35-20-24-7-5-4-6-8-24)30(39)33-14-13-32-23(2)29(38)34-21-25-9-10-25;1-7-5-3-2-4-6-7/h4-8,17-19,22-23,25,32H,9-16,20-21H2,1-3H3,(H,33,39)(H,34,38)(H,35,40);2-6H,1H3/t23-;/m0./s1. The summed E-state index contributed by atoms with van der Waals surface area (Å²) in [6, 6.07) is 25.0. The van der Waals surface area contributed by atoms with E-state index in [1.54, 1.807) is 18.2 Å². The van der Waals surface area contributed by atoms with Gasteiger partial charge in [0.25, 0.3) is 11.8 Å².